The first-order valence-corrected chi connectivity index (χ1v) is 9.15. The Morgan fingerprint density at radius 1 is 1.30 bits per heavy atom. The number of hydrogen-bond acceptors (Lipinski definition) is 4. The molecule has 0 radical (unpaired) electrons. The van der Waals surface area contributed by atoms with Crippen molar-refractivity contribution in [1.82, 2.24) is 14.8 Å². The van der Waals surface area contributed by atoms with Crippen LogP contribution in [0.25, 0.3) is 11.1 Å². The normalized spacial score (nSPS) is 16.5. The zero-order valence-corrected chi connectivity index (χ0v) is 16.0. The predicted octanol–water partition coefficient (Wildman–Crippen LogP) is 2.70. The van der Waals surface area contributed by atoms with Crippen molar-refractivity contribution in [1.29, 1.82) is 0 Å². The molecule has 1 aliphatic rings. The van der Waals surface area contributed by atoms with Crippen LogP contribution in [0, 0.1) is 5.92 Å². The lowest BCUT2D eigenvalue weighted by Crippen LogP contribution is -2.33. The van der Waals surface area contributed by atoms with Crippen molar-refractivity contribution in [2.45, 2.75) is 13.3 Å². The summed E-state index contributed by atoms with van der Waals surface area (Å²) in [4.78, 5) is 32.5. The van der Waals surface area contributed by atoms with Gasteiger partial charge in [0.2, 0.25) is 11.8 Å². The molecule has 1 fully saturated rings. The van der Waals surface area contributed by atoms with Gasteiger partial charge < -0.3 is 14.5 Å². The van der Waals surface area contributed by atoms with Gasteiger partial charge in [0.05, 0.1) is 7.11 Å². The Labute approximate surface area is 159 Å². The highest BCUT2D eigenvalue weighted by molar-refractivity contribution is 5.95. The third kappa shape index (κ3) is 4.27. The quantitative estimate of drug-likeness (QED) is 0.788. The van der Waals surface area contributed by atoms with Gasteiger partial charge in [0.25, 0.3) is 5.91 Å². The lowest BCUT2D eigenvalue weighted by molar-refractivity contribution is -0.127. The Bertz CT molecular complexity index is 820. The van der Waals surface area contributed by atoms with Gasteiger partial charge in [-0.1, -0.05) is 12.1 Å². The molecule has 3 rings (SSSR count). The molecule has 1 aliphatic heterocycles. The Hall–Kier alpha value is -2.89. The van der Waals surface area contributed by atoms with Crippen molar-refractivity contribution in [2.24, 2.45) is 5.92 Å². The zero-order chi connectivity index (χ0) is 19.4. The summed E-state index contributed by atoms with van der Waals surface area (Å²) in [5, 5.41) is 0. The Kier molecular flexibility index (Phi) is 5.74. The molecule has 1 atom stereocenters. The summed E-state index contributed by atoms with van der Waals surface area (Å²) < 4.78 is 5.09. The summed E-state index contributed by atoms with van der Waals surface area (Å²) in [6, 6.07) is 11.2. The molecule has 0 spiro atoms. The number of pyridine rings is 1. The molecule has 1 aromatic carbocycles. The number of methoxy groups -OCH3 is 1. The molecule has 6 heteroatoms. The van der Waals surface area contributed by atoms with E-state index < -0.39 is 0 Å². The molecular formula is C21H25N3O3. The molecule has 142 valence electrons. The first kappa shape index (κ1) is 18.9. The van der Waals surface area contributed by atoms with E-state index in [1.807, 2.05) is 42.2 Å². The zero-order valence-electron chi connectivity index (χ0n) is 16.0. The van der Waals surface area contributed by atoms with Crippen LogP contribution in [-0.2, 0) is 4.79 Å². The molecule has 0 saturated carbocycles. The minimum Gasteiger partial charge on any atom is -0.481 e. The number of benzene rings is 1. The summed E-state index contributed by atoms with van der Waals surface area (Å²) in [5.74, 6) is 0.886. The number of hydrogen-bond donors (Lipinski definition) is 0. The fraction of sp³-hybridized carbons (Fsp3) is 0.381. The second-order valence-corrected chi connectivity index (χ2v) is 6.86. The Morgan fingerprint density at radius 2 is 2.11 bits per heavy atom. The van der Waals surface area contributed by atoms with E-state index in [1.165, 1.54) is 0 Å². The van der Waals surface area contributed by atoms with E-state index in [1.54, 1.807) is 31.3 Å². The molecule has 1 saturated heterocycles. The van der Waals surface area contributed by atoms with Crippen LogP contribution >= 0.6 is 0 Å². The number of aromatic nitrogens is 1. The fourth-order valence-electron chi connectivity index (χ4n) is 3.48. The van der Waals surface area contributed by atoms with Crippen molar-refractivity contribution in [3.63, 3.8) is 0 Å². The Morgan fingerprint density at radius 3 is 2.74 bits per heavy atom. The average Bonchev–Trinajstić information content (AvgIpc) is 3.06. The molecule has 6 nitrogen and oxygen atoms in total. The molecule has 0 N–H and O–H groups in total. The maximum absolute atomic E-state index is 12.8. The highest BCUT2D eigenvalue weighted by atomic mass is 16.5. The third-order valence-electron chi connectivity index (χ3n) is 4.94. The largest absolute Gasteiger partial charge is 0.481 e. The fourth-order valence-corrected chi connectivity index (χ4v) is 3.48. The highest BCUT2D eigenvalue weighted by Crippen LogP contribution is 2.23. The lowest BCUT2D eigenvalue weighted by Gasteiger charge is -2.21. The maximum atomic E-state index is 12.8. The minimum absolute atomic E-state index is 0.0410. The van der Waals surface area contributed by atoms with Gasteiger partial charge in [-0.15, -0.1) is 0 Å². The van der Waals surface area contributed by atoms with Crippen molar-refractivity contribution in [3.05, 3.63) is 48.2 Å². The van der Waals surface area contributed by atoms with Crippen LogP contribution in [0.2, 0.25) is 0 Å². The van der Waals surface area contributed by atoms with E-state index in [2.05, 4.69) is 4.98 Å². The molecule has 27 heavy (non-hydrogen) atoms. The van der Waals surface area contributed by atoms with Gasteiger partial charge in [-0.05, 0) is 30.7 Å². The van der Waals surface area contributed by atoms with Gasteiger partial charge in [0.15, 0.2) is 0 Å². The van der Waals surface area contributed by atoms with Gasteiger partial charge in [0.1, 0.15) is 0 Å². The van der Waals surface area contributed by atoms with Crippen LogP contribution in [-0.4, -0.2) is 60.4 Å². The van der Waals surface area contributed by atoms with Crippen molar-refractivity contribution in [2.75, 3.05) is 33.8 Å². The monoisotopic (exact) mass is 367 g/mol. The second kappa shape index (κ2) is 8.20. The van der Waals surface area contributed by atoms with Crippen LogP contribution in [0.5, 0.6) is 5.88 Å². The number of carbonyl (C=O) groups excluding carboxylic acids is 2. The second-order valence-electron chi connectivity index (χ2n) is 6.86. The molecule has 0 aliphatic carbocycles. The van der Waals surface area contributed by atoms with Gasteiger partial charge in [-0.3, -0.25) is 9.59 Å². The van der Waals surface area contributed by atoms with Gasteiger partial charge in [-0.2, -0.15) is 0 Å². The van der Waals surface area contributed by atoms with Crippen LogP contribution in [0.15, 0.2) is 42.6 Å². The molecule has 0 unspecified atom stereocenters. The Balaban J connectivity index is 1.70. The van der Waals surface area contributed by atoms with Crippen LogP contribution in [0.4, 0.5) is 0 Å². The number of likely N-dealkylation sites (tertiary alicyclic amines) is 1. The summed E-state index contributed by atoms with van der Waals surface area (Å²) in [6.45, 7) is 4.01. The first-order valence-electron chi connectivity index (χ1n) is 9.15. The maximum Gasteiger partial charge on any atom is 0.253 e. The molecular weight excluding hydrogens is 342 g/mol. The molecule has 0 bridgehead atoms. The first-order chi connectivity index (χ1) is 13.0. The van der Waals surface area contributed by atoms with E-state index in [0.717, 1.165) is 24.2 Å². The average molecular weight is 367 g/mol. The van der Waals surface area contributed by atoms with Crippen molar-refractivity contribution >= 4 is 11.8 Å². The third-order valence-corrected chi connectivity index (χ3v) is 4.94. The van der Waals surface area contributed by atoms with Crippen molar-refractivity contribution < 1.29 is 14.3 Å². The standard InChI is InChI=1S/C21H25N3O3/c1-4-24-14-15(10-20(24)25)13-23(2)21(26)17-7-5-6-16(11-17)18-8-9-19(27-3)22-12-18/h5-9,11-12,15H,4,10,13-14H2,1-3H3/t15-/m1/s1. The summed E-state index contributed by atoms with van der Waals surface area (Å²) >= 11 is 0. The number of amides is 2. The van der Waals surface area contributed by atoms with E-state index in [9.17, 15) is 9.59 Å². The van der Waals surface area contributed by atoms with Gasteiger partial charge in [-0.25, -0.2) is 4.98 Å². The number of nitrogens with zero attached hydrogens (tertiary/aromatic N) is 3. The SMILES string of the molecule is CCN1C[C@@H](CN(C)C(=O)c2cccc(-c3ccc(OC)nc3)c2)CC1=O. The topological polar surface area (TPSA) is 62.7 Å². The molecule has 2 heterocycles. The summed E-state index contributed by atoms with van der Waals surface area (Å²) in [6.07, 6.45) is 2.25. The number of rotatable bonds is 6. The van der Waals surface area contributed by atoms with Crippen molar-refractivity contribution in [3.8, 4) is 17.0 Å². The van der Waals surface area contributed by atoms with Crippen LogP contribution < -0.4 is 4.74 Å². The number of ether oxygens (including phenoxy) is 1. The van der Waals surface area contributed by atoms with Gasteiger partial charge in [0, 0.05) is 62.4 Å². The van der Waals surface area contributed by atoms with E-state index >= 15 is 0 Å². The summed E-state index contributed by atoms with van der Waals surface area (Å²) in [7, 11) is 3.37. The van der Waals surface area contributed by atoms with E-state index in [4.69, 9.17) is 4.74 Å². The number of carbonyl (C=O) groups is 2. The lowest BCUT2D eigenvalue weighted by atomic mass is 10.0. The smallest absolute Gasteiger partial charge is 0.253 e. The van der Waals surface area contributed by atoms with Crippen LogP contribution in [0.3, 0.4) is 0 Å². The van der Waals surface area contributed by atoms with Gasteiger partial charge >= 0.3 is 0 Å². The predicted molar refractivity (Wildman–Crippen MR) is 104 cm³/mol. The van der Waals surface area contributed by atoms with E-state index in [-0.39, 0.29) is 17.7 Å². The molecule has 2 amide bonds. The van der Waals surface area contributed by atoms with E-state index in [0.29, 0.717) is 24.4 Å². The van der Waals surface area contributed by atoms with Crippen LogP contribution in [0.1, 0.15) is 23.7 Å². The molecule has 1 aromatic heterocycles. The molecule has 2 aromatic rings. The summed E-state index contributed by atoms with van der Waals surface area (Å²) in [5.41, 5.74) is 2.48. The minimum atomic E-state index is -0.0410. The highest BCUT2D eigenvalue weighted by Gasteiger charge is 2.30.